The molecule has 0 spiro atoms. The minimum Gasteiger partial charge on any atom is -0.392 e. The van der Waals surface area contributed by atoms with Gasteiger partial charge in [0.1, 0.15) is 0 Å². The number of nitrogens with zero attached hydrogens (tertiary/aromatic N) is 1. The molecule has 1 heterocycles. The second kappa shape index (κ2) is 2.87. The summed E-state index contributed by atoms with van der Waals surface area (Å²) in [7, 11) is 0. The molecule has 0 radical (unpaired) electrons. The molecule has 0 fully saturated rings. The highest BCUT2D eigenvalue weighted by molar-refractivity contribution is 5.12. The van der Waals surface area contributed by atoms with Crippen molar-refractivity contribution in [2.45, 2.75) is 6.61 Å². The number of aromatic nitrogens is 1. The first-order chi connectivity index (χ1) is 5.16. The van der Waals surface area contributed by atoms with Crippen molar-refractivity contribution < 1.29 is 18.3 Å². The van der Waals surface area contributed by atoms with Gasteiger partial charge in [-0.05, 0) is 0 Å². The van der Waals surface area contributed by atoms with Crippen LogP contribution >= 0.6 is 0 Å². The first-order valence-electron chi connectivity index (χ1n) is 2.76. The van der Waals surface area contributed by atoms with Crippen molar-refractivity contribution in [2.75, 3.05) is 0 Å². The van der Waals surface area contributed by atoms with Gasteiger partial charge in [-0.1, -0.05) is 0 Å². The first-order valence-corrected chi connectivity index (χ1v) is 2.76. The van der Waals surface area contributed by atoms with Crippen molar-refractivity contribution >= 4 is 0 Å². The molecule has 0 bridgehead atoms. The van der Waals surface area contributed by atoms with E-state index < -0.39 is 24.2 Å². The van der Waals surface area contributed by atoms with E-state index in [0.717, 1.165) is 6.20 Å². The Balaban J connectivity index is 3.25. The van der Waals surface area contributed by atoms with Gasteiger partial charge >= 0.3 is 0 Å². The molecule has 0 aliphatic carbocycles. The van der Waals surface area contributed by atoms with E-state index in [4.69, 9.17) is 5.11 Å². The maximum atomic E-state index is 12.4. The molecular weight excluding hydrogens is 159 g/mol. The van der Waals surface area contributed by atoms with Gasteiger partial charge in [0.2, 0.25) is 5.82 Å². The molecule has 0 saturated heterocycles. The predicted molar refractivity (Wildman–Crippen MR) is 30.0 cm³/mol. The Morgan fingerprint density at radius 1 is 1.27 bits per heavy atom. The quantitative estimate of drug-likeness (QED) is 0.626. The van der Waals surface area contributed by atoms with Crippen molar-refractivity contribution in [3.8, 4) is 0 Å². The maximum Gasteiger partial charge on any atom is 0.251 e. The highest BCUT2D eigenvalue weighted by atomic mass is 19.2. The monoisotopic (exact) mass is 163 g/mol. The molecule has 0 amide bonds. The van der Waals surface area contributed by atoms with Crippen LogP contribution in [0.25, 0.3) is 0 Å². The van der Waals surface area contributed by atoms with E-state index in [1.807, 2.05) is 0 Å². The van der Waals surface area contributed by atoms with E-state index >= 15 is 0 Å². The summed E-state index contributed by atoms with van der Waals surface area (Å²) >= 11 is 0. The zero-order valence-corrected chi connectivity index (χ0v) is 5.31. The van der Waals surface area contributed by atoms with Crippen molar-refractivity contribution in [2.24, 2.45) is 0 Å². The molecule has 60 valence electrons. The Bertz CT molecular complexity index is 277. The maximum absolute atomic E-state index is 12.4. The Morgan fingerprint density at radius 2 is 1.91 bits per heavy atom. The zero-order chi connectivity index (χ0) is 8.43. The van der Waals surface area contributed by atoms with Crippen LogP contribution in [0.5, 0.6) is 0 Å². The topological polar surface area (TPSA) is 33.1 Å². The third kappa shape index (κ3) is 1.32. The Labute approximate surface area is 60.3 Å². The average Bonchev–Trinajstić information content (AvgIpc) is 2.01. The molecule has 1 aromatic heterocycles. The third-order valence-electron chi connectivity index (χ3n) is 1.16. The lowest BCUT2D eigenvalue weighted by Gasteiger charge is -1.98. The highest BCUT2D eigenvalue weighted by Gasteiger charge is 2.13. The van der Waals surface area contributed by atoms with Crippen LogP contribution in [-0.2, 0) is 6.61 Å². The Hall–Kier alpha value is -1.10. The van der Waals surface area contributed by atoms with Crippen LogP contribution in [-0.4, -0.2) is 10.1 Å². The molecule has 0 aliphatic heterocycles. The largest absolute Gasteiger partial charge is 0.392 e. The number of halogens is 3. The fourth-order valence-electron chi connectivity index (χ4n) is 0.590. The minimum atomic E-state index is -1.66. The zero-order valence-electron chi connectivity index (χ0n) is 5.31. The van der Waals surface area contributed by atoms with Gasteiger partial charge in [-0.3, -0.25) is 0 Å². The summed E-state index contributed by atoms with van der Waals surface area (Å²) < 4.78 is 36.8. The van der Waals surface area contributed by atoms with Crippen LogP contribution in [0.3, 0.4) is 0 Å². The van der Waals surface area contributed by atoms with Gasteiger partial charge in [0.15, 0.2) is 5.82 Å². The van der Waals surface area contributed by atoms with Crippen LogP contribution < -0.4 is 0 Å². The second-order valence-electron chi connectivity index (χ2n) is 1.86. The highest BCUT2D eigenvalue weighted by Crippen LogP contribution is 2.11. The van der Waals surface area contributed by atoms with Gasteiger partial charge in [-0.25, -0.2) is 9.37 Å². The molecule has 1 aromatic rings. The van der Waals surface area contributed by atoms with Crippen molar-refractivity contribution in [3.63, 3.8) is 0 Å². The number of pyridine rings is 1. The van der Waals surface area contributed by atoms with Gasteiger partial charge in [0.05, 0.1) is 6.61 Å². The van der Waals surface area contributed by atoms with Crippen molar-refractivity contribution in [1.29, 1.82) is 0 Å². The molecule has 2 nitrogen and oxygen atoms in total. The van der Waals surface area contributed by atoms with Gasteiger partial charge < -0.3 is 5.11 Å². The minimum absolute atomic E-state index is 0.358. The Morgan fingerprint density at radius 3 is 2.45 bits per heavy atom. The van der Waals surface area contributed by atoms with E-state index in [2.05, 4.69) is 4.98 Å². The molecule has 0 saturated carbocycles. The molecule has 0 aromatic carbocycles. The van der Waals surface area contributed by atoms with E-state index in [1.165, 1.54) is 0 Å². The summed E-state index contributed by atoms with van der Waals surface area (Å²) in [6.07, 6.45) is 0.744. The van der Waals surface area contributed by atoms with Gasteiger partial charge in [0, 0.05) is 11.8 Å². The van der Waals surface area contributed by atoms with E-state index in [-0.39, 0.29) is 5.56 Å². The normalized spacial score (nSPS) is 10.2. The summed E-state index contributed by atoms with van der Waals surface area (Å²) in [4.78, 5) is 2.87. The Kier molecular flexibility index (Phi) is 2.09. The molecule has 0 atom stereocenters. The van der Waals surface area contributed by atoms with Gasteiger partial charge in [-0.15, -0.1) is 0 Å². The summed E-state index contributed by atoms with van der Waals surface area (Å²) in [5.41, 5.74) is -0.358. The molecule has 0 aliphatic rings. The molecular formula is C6H4F3NO. The molecule has 1 N–H and O–H groups in total. The van der Waals surface area contributed by atoms with Crippen molar-refractivity contribution in [3.05, 3.63) is 29.3 Å². The standard InChI is InChI=1S/C6H4F3NO/c7-4-3(2-11)1-10-6(9)5(4)8/h1,11H,2H2. The van der Waals surface area contributed by atoms with Crippen LogP contribution in [0.1, 0.15) is 5.56 Å². The lowest BCUT2D eigenvalue weighted by molar-refractivity contribution is 0.270. The number of hydrogen-bond donors (Lipinski definition) is 1. The van der Waals surface area contributed by atoms with Crippen molar-refractivity contribution in [1.82, 2.24) is 4.98 Å². The molecule has 5 heteroatoms. The number of aliphatic hydroxyl groups excluding tert-OH is 1. The number of hydrogen-bond acceptors (Lipinski definition) is 2. The van der Waals surface area contributed by atoms with Gasteiger partial charge in [0.25, 0.3) is 5.95 Å². The van der Waals surface area contributed by atoms with Crippen LogP contribution in [0, 0.1) is 17.6 Å². The number of aliphatic hydroxyl groups is 1. The second-order valence-corrected chi connectivity index (χ2v) is 1.86. The lowest BCUT2D eigenvalue weighted by atomic mass is 10.3. The number of rotatable bonds is 1. The predicted octanol–water partition coefficient (Wildman–Crippen LogP) is 0.991. The summed E-state index contributed by atoms with van der Waals surface area (Å²) in [5, 5.41) is 8.36. The van der Waals surface area contributed by atoms with Crippen LogP contribution in [0.2, 0.25) is 0 Å². The SMILES string of the molecule is OCc1cnc(F)c(F)c1F. The molecule has 11 heavy (non-hydrogen) atoms. The first kappa shape index (κ1) is 8.00. The summed E-state index contributed by atoms with van der Waals surface area (Å²) in [6.45, 7) is -0.698. The average molecular weight is 163 g/mol. The van der Waals surface area contributed by atoms with E-state index in [9.17, 15) is 13.2 Å². The molecule has 1 rings (SSSR count). The van der Waals surface area contributed by atoms with Crippen LogP contribution in [0.15, 0.2) is 6.20 Å². The molecule has 0 unspecified atom stereocenters. The van der Waals surface area contributed by atoms with Crippen LogP contribution in [0.4, 0.5) is 13.2 Å². The summed E-state index contributed by atoms with van der Waals surface area (Å²) in [6, 6.07) is 0. The van der Waals surface area contributed by atoms with E-state index in [1.54, 1.807) is 0 Å². The smallest absolute Gasteiger partial charge is 0.251 e. The summed E-state index contributed by atoms with van der Waals surface area (Å²) in [5.74, 6) is -4.55. The fourth-order valence-corrected chi connectivity index (χ4v) is 0.590. The fraction of sp³-hybridized carbons (Fsp3) is 0.167. The third-order valence-corrected chi connectivity index (χ3v) is 1.16. The lowest BCUT2D eigenvalue weighted by Crippen LogP contribution is -2.00. The van der Waals surface area contributed by atoms with Gasteiger partial charge in [-0.2, -0.15) is 8.78 Å². The van der Waals surface area contributed by atoms with E-state index in [0.29, 0.717) is 0 Å².